The first-order chi connectivity index (χ1) is 13.2. The van der Waals surface area contributed by atoms with Crippen LogP contribution in [0.4, 0.5) is 5.88 Å². The SMILES string of the molecule is COc1ccc(-c2noc(N)c2C(=O)NCc2ccc3c(c2)OCO3)cn1. The van der Waals surface area contributed by atoms with Crippen LogP contribution in [-0.4, -0.2) is 30.0 Å². The average molecular weight is 368 g/mol. The number of carbonyl (C=O) groups excluding carboxylic acids is 1. The van der Waals surface area contributed by atoms with Crippen LogP contribution >= 0.6 is 0 Å². The lowest BCUT2D eigenvalue weighted by molar-refractivity contribution is 0.0952. The van der Waals surface area contributed by atoms with Gasteiger partial charge in [-0.1, -0.05) is 11.2 Å². The molecular weight excluding hydrogens is 352 g/mol. The molecule has 4 rings (SSSR count). The van der Waals surface area contributed by atoms with E-state index < -0.39 is 5.91 Å². The number of aromatic nitrogens is 2. The number of hydrogen-bond acceptors (Lipinski definition) is 8. The Morgan fingerprint density at radius 1 is 1.26 bits per heavy atom. The van der Waals surface area contributed by atoms with Gasteiger partial charge in [0.1, 0.15) is 11.3 Å². The van der Waals surface area contributed by atoms with Crippen LogP contribution < -0.4 is 25.3 Å². The number of amides is 1. The van der Waals surface area contributed by atoms with Crippen molar-refractivity contribution in [3.63, 3.8) is 0 Å². The zero-order chi connectivity index (χ0) is 18.8. The summed E-state index contributed by atoms with van der Waals surface area (Å²) in [5.41, 5.74) is 7.72. The third kappa shape index (κ3) is 3.22. The molecule has 0 unspecified atom stereocenters. The van der Waals surface area contributed by atoms with Crippen molar-refractivity contribution in [2.24, 2.45) is 0 Å². The van der Waals surface area contributed by atoms with E-state index >= 15 is 0 Å². The van der Waals surface area contributed by atoms with Gasteiger partial charge in [0.25, 0.3) is 5.91 Å². The number of nitrogens with one attached hydrogen (secondary N) is 1. The smallest absolute Gasteiger partial charge is 0.259 e. The molecule has 0 spiro atoms. The van der Waals surface area contributed by atoms with Gasteiger partial charge in [0.05, 0.1) is 7.11 Å². The van der Waals surface area contributed by atoms with E-state index in [0.717, 1.165) is 5.56 Å². The fraction of sp³-hybridized carbons (Fsp3) is 0.167. The van der Waals surface area contributed by atoms with Crippen LogP contribution in [0.25, 0.3) is 11.3 Å². The summed E-state index contributed by atoms with van der Waals surface area (Å²) in [7, 11) is 1.52. The van der Waals surface area contributed by atoms with Gasteiger partial charge in [-0.15, -0.1) is 0 Å². The first kappa shape index (κ1) is 16.7. The van der Waals surface area contributed by atoms with Gasteiger partial charge >= 0.3 is 0 Å². The standard InChI is InChI=1S/C18H16N4O5/c1-24-14-5-3-11(8-20-14)16-15(17(19)27-22-16)18(23)21-7-10-2-4-12-13(6-10)26-9-25-12/h2-6,8H,7,9,19H2,1H3,(H,21,23). The van der Waals surface area contributed by atoms with Crippen molar-refractivity contribution >= 4 is 11.8 Å². The molecule has 27 heavy (non-hydrogen) atoms. The molecule has 3 N–H and O–H groups in total. The molecule has 1 aliphatic rings. The molecule has 0 saturated heterocycles. The van der Waals surface area contributed by atoms with E-state index in [2.05, 4.69) is 15.5 Å². The van der Waals surface area contributed by atoms with Crippen LogP contribution in [0.5, 0.6) is 17.4 Å². The molecule has 9 heteroatoms. The summed E-state index contributed by atoms with van der Waals surface area (Å²) in [6.45, 7) is 0.474. The zero-order valence-electron chi connectivity index (χ0n) is 14.4. The Balaban J connectivity index is 1.52. The molecule has 1 aliphatic heterocycles. The summed E-state index contributed by atoms with van der Waals surface area (Å²) in [4.78, 5) is 16.8. The van der Waals surface area contributed by atoms with Crippen LogP contribution in [0, 0.1) is 0 Å². The van der Waals surface area contributed by atoms with E-state index in [9.17, 15) is 4.79 Å². The Bertz CT molecular complexity index is 984. The molecule has 2 aromatic heterocycles. The predicted octanol–water partition coefficient (Wildman–Crippen LogP) is 1.99. The normalized spacial score (nSPS) is 12.0. The molecule has 0 atom stereocenters. The highest BCUT2D eigenvalue weighted by molar-refractivity contribution is 6.03. The van der Waals surface area contributed by atoms with E-state index in [1.165, 1.54) is 13.3 Å². The summed E-state index contributed by atoms with van der Waals surface area (Å²) in [5, 5.41) is 6.69. The summed E-state index contributed by atoms with van der Waals surface area (Å²) < 4.78 is 20.7. The first-order valence-corrected chi connectivity index (χ1v) is 8.08. The Morgan fingerprint density at radius 2 is 2.11 bits per heavy atom. The van der Waals surface area contributed by atoms with Gasteiger partial charge in [-0.3, -0.25) is 4.79 Å². The number of methoxy groups -OCH3 is 1. The van der Waals surface area contributed by atoms with Crippen LogP contribution in [0.2, 0.25) is 0 Å². The molecule has 1 amide bonds. The summed E-state index contributed by atoms with van der Waals surface area (Å²) >= 11 is 0. The molecule has 0 radical (unpaired) electrons. The minimum absolute atomic E-state index is 0.0657. The van der Waals surface area contributed by atoms with E-state index in [1.54, 1.807) is 18.2 Å². The fourth-order valence-electron chi connectivity index (χ4n) is 2.68. The molecule has 138 valence electrons. The number of nitrogens with zero attached hydrogens (tertiary/aromatic N) is 2. The summed E-state index contributed by atoms with van der Waals surface area (Å²) in [6, 6.07) is 8.84. The van der Waals surface area contributed by atoms with Crippen LogP contribution in [0.15, 0.2) is 41.1 Å². The largest absolute Gasteiger partial charge is 0.481 e. The number of rotatable bonds is 5. The minimum atomic E-state index is -0.405. The third-order valence-electron chi connectivity index (χ3n) is 4.05. The Hall–Kier alpha value is -3.75. The molecule has 0 aliphatic carbocycles. The quantitative estimate of drug-likeness (QED) is 0.701. The molecule has 3 aromatic rings. The number of anilines is 1. The maximum Gasteiger partial charge on any atom is 0.259 e. The van der Waals surface area contributed by atoms with Crippen LogP contribution in [-0.2, 0) is 6.54 Å². The van der Waals surface area contributed by atoms with Gasteiger partial charge < -0.3 is 29.8 Å². The number of nitrogen functional groups attached to an aromatic ring is 1. The van der Waals surface area contributed by atoms with Gasteiger partial charge in [0.2, 0.25) is 18.6 Å². The number of benzene rings is 1. The molecule has 0 fully saturated rings. The highest BCUT2D eigenvalue weighted by atomic mass is 16.7. The second-order valence-corrected chi connectivity index (χ2v) is 5.73. The highest BCUT2D eigenvalue weighted by Gasteiger charge is 2.23. The topological polar surface area (TPSA) is 122 Å². The Kier molecular flexibility index (Phi) is 4.25. The van der Waals surface area contributed by atoms with Crippen molar-refractivity contribution in [1.29, 1.82) is 0 Å². The van der Waals surface area contributed by atoms with Crippen LogP contribution in [0.1, 0.15) is 15.9 Å². The molecule has 0 bridgehead atoms. The second kappa shape index (κ2) is 6.87. The number of hydrogen-bond donors (Lipinski definition) is 2. The number of ether oxygens (including phenoxy) is 3. The van der Waals surface area contributed by atoms with Gasteiger partial charge in [-0.25, -0.2) is 4.98 Å². The van der Waals surface area contributed by atoms with E-state index in [-0.39, 0.29) is 24.8 Å². The van der Waals surface area contributed by atoms with Crippen molar-refractivity contribution in [2.75, 3.05) is 19.6 Å². The van der Waals surface area contributed by atoms with Crippen molar-refractivity contribution < 1.29 is 23.5 Å². The van der Waals surface area contributed by atoms with Crippen molar-refractivity contribution in [3.05, 3.63) is 47.7 Å². The zero-order valence-corrected chi connectivity index (χ0v) is 14.4. The van der Waals surface area contributed by atoms with Crippen LogP contribution in [0.3, 0.4) is 0 Å². The van der Waals surface area contributed by atoms with Crippen molar-refractivity contribution in [2.45, 2.75) is 6.54 Å². The Labute approximate surface area is 154 Å². The third-order valence-corrected chi connectivity index (χ3v) is 4.05. The number of fused-ring (bicyclic) bond motifs is 1. The van der Waals surface area contributed by atoms with E-state index in [0.29, 0.717) is 28.6 Å². The average Bonchev–Trinajstić information content (AvgIpc) is 3.32. The van der Waals surface area contributed by atoms with Gasteiger partial charge in [0.15, 0.2) is 11.5 Å². The summed E-state index contributed by atoms with van der Waals surface area (Å²) in [5.74, 6) is 1.31. The van der Waals surface area contributed by atoms with E-state index in [1.807, 2.05) is 12.1 Å². The predicted molar refractivity (Wildman–Crippen MR) is 94.4 cm³/mol. The molecular formula is C18H16N4O5. The molecule has 9 nitrogen and oxygen atoms in total. The molecule has 1 aromatic carbocycles. The number of carbonyl (C=O) groups is 1. The van der Waals surface area contributed by atoms with E-state index in [4.69, 9.17) is 24.5 Å². The lowest BCUT2D eigenvalue weighted by atomic mass is 10.1. The first-order valence-electron chi connectivity index (χ1n) is 8.08. The van der Waals surface area contributed by atoms with Gasteiger partial charge in [-0.2, -0.15) is 0 Å². The number of nitrogens with two attached hydrogens (primary N) is 1. The van der Waals surface area contributed by atoms with Gasteiger partial charge in [-0.05, 0) is 23.8 Å². The summed E-state index contributed by atoms with van der Waals surface area (Å²) in [6.07, 6.45) is 1.53. The maximum absolute atomic E-state index is 12.7. The number of pyridine rings is 1. The fourth-order valence-corrected chi connectivity index (χ4v) is 2.68. The lowest BCUT2D eigenvalue weighted by Gasteiger charge is -2.07. The van der Waals surface area contributed by atoms with Crippen molar-refractivity contribution in [3.8, 4) is 28.6 Å². The minimum Gasteiger partial charge on any atom is -0.481 e. The second-order valence-electron chi connectivity index (χ2n) is 5.73. The maximum atomic E-state index is 12.7. The van der Waals surface area contributed by atoms with Crippen molar-refractivity contribution in [1.82, 2.24) is 15.5 Å². The van der Waals surface area contributed by atoms with Gasteiger partial charge in [0, 0.05) is 24.4 Å². The monoisotopic (exact) mass is 368 g/mol. The highest BCUT2D eigenvalue weighted by Crippen LogP contribution is 2.32. The lowest BCUT2D eigenvalue weighted by Crippen LogP contribution is -2.23. The Morgan fingerprint density at radius 3 is 2.89 bits per heavy atom. The molecule has 3 heterocycles. The molecule has 0 saturated carbocycles.